The third kappa shape index (κ3) is 5.66. The van der Waals surface area contributed by atoms with Gasteiger partial charge in [-0.1, -0.05) is 0 Å². The summed E-state index contributed by atoms with van der Waals surface area (Å²) >= 11 is 0. The molecule has 6 saturated heterocycles. The van der Waals surface area contributed by atoms with E-state index < -0.39 is 11.6 Å². The molecule has 8 heteroatoms. The van der Waals surface area contributed by atoms with Gasteiger partial charge in [0.05, 0.1) is 17.7 Å². The van der Waals surface area contributed by atoms with Crippen LogP contribution in [0, 0.1) is 5.92 Å². The lowest BCUT2D eigenvalue weighted by atomic mass is 9.71. The maximum Gasteiger partial charge on any atom is 0.0894 e. The Morgan fingerprint density at radius 3 is 1.75 bits per heavy atom. The Balaban J connectivity index is 1.25. The minimum absolute atomic E-state index is 0.108. The molecule has 6 aliphatic heterocycles. The fourth-order valence-corrected chi connectivity index (χ4v) is 10.1. The van der Waals surface area contributed by atoms with Crippen molar-refractivity contribution in [2.45, 2.75) is 113 Å². The van der Waals surface area contributed by atoms with Gasteiger partial charge in [-0.25, -0.2) is 0 Å². The molecule has 0 aromatic carbocycles. The maximum atomic E-state index is 12.7. The Morgan fingerprint density at radius 1 is 0.625 bits per heavy atom. The molecule has 6 heterocycles. The molecule has 0 aromatic rings. The van der Waals surface area contributed by atoms with Crippen LogP contribution in [0.2, 0.25) is 0 Å². The van der Waals surface area contributed by atoms with Crippen LogP contribution in [0.1, 0.15) is 70.6 Å². The summed E-state index contributed by atoms with van der Waals surface area (Å²) in [5, 5.41) is 25.1. The minimum Gasteiger partial charge on any atom is -0.391 e. The van der Waals surface area contributed by atoms with E-state index in [1.807, 2.05) is 0 Å². The Labute approximate surface area is 244 Å². The van der Waals surface area contributed by atoms with Crippen molar-refractivity contribution in [2.75, 3.05) is 86.6 Å². The first kappa shape index (κ1) is 29.7. The molecule has 6 rings (SSSR count). The number of likely N-dealkylation sites (tertiary alicyclic amines) is 6. The van der Waals surface area contributed by atoms with E-state index in [-0.39, 0.29) is 24.1 Å². The second kappa shape index (κ2) is 12.7. The lowest BCUT2D eigenvalue weighted by Gasteiger charge is -2.52. The zero-order valence-corrected chi connectivity index (χ0v) is 26.0. The van der Waals surface area contributed by atoms with Crippen LogP contribution in [0.5, 0.6) is 0 Å². The highest BCUT2D eigenvalue weighted by Crippen LogP contribution is 2.45. The summed E-state index contributed by atoms with van der Waals surface area (Å²) in [6.45, 7) is 10.9. The van der Waals surface area contributed by atoms with Gasteiger partial charge in [-0.05, 0) is 138 Å². The molecule has 6 fully saturated rings. The first-order valence-electron chi connectivity index (χ1n) is 17.1. The topological polar surface area (TPSA) is 59.9 Å². The maximum absolute atomic E-state index is 12.7. The summed E-state index contributed by atoms with van der Waals surface area (Å²) < 4.78 is 0. The van der Waals surface area contributed by atoms with Gasteiger partial charge in [0.2, 0.25) is 0 Å². The average molecular weight is 561 g/mol. The van der Waals surface area contributed by atoms with Crippen LogP contribution in [-0.4, -0.2) is 168 Å². The summed E-state index contributed by atoms with van der Waals surface area (Å²) in [6.07, 6.45) is 12.4. The number of likely N-dealkylation sites (N-methyl/N-ethyl adjacent to an activating group) is 3. The molecule has 0 bridgehead atoms. The van der Waals surface area contributed by atoms with Crippen LogP contribution in [0.4, 0.5) is 0 Å². The second-order valence-corrected chi connectivity index (χ2v) is 14.7. The third-order valence-electron chi connectivity index (χ3n) is 12.5. The quantitative estimate of drug-likeness (QED) is 0.418. The Kier molecular flexibility index (Phi) is 9.46. The van der Waals surface area contributed by atoms with Gasteiger partial charge < -0.3 is 24.9 Å². The molecule has 3 unspecified atom stereocenters. The molecule has 0 amide bonds. The number of nitrogens with zero attached hydrogens (tertiary/aromatic N) is 6. The van der Waals surface area contributed by atoms with Gasteiger partial charge >= 0.3 is 0 Å². The zero-order chi connectivity index (χ0) is 27.9. The van der Waals surface area contributed by atoms with E-state index >= 15 is 0 Å². The molecule has 6 aliphatic rings. The van der Waals surface area contributed by atoms with Crippen molar-refractivity contribution in [1.82, 2.24) is 29.4 Å². The van der Waals surface area contributed by atoms with Gasteiger partial charge in [0.1, 0.15) is 0 Å². The molecule has 40 heavy (non-hydrogen) atoms. The van der Waals surface area contributed by atoms with E-state index in [9.17, 15) is 10.2 Å². The first-order chi connectivity index (χ1) is 19.4. The fraction of sp³-hybridized carbons (Fsp3) is 1.00. The van der Waals surface area contributed by atoms with Crippen molar-refractivity contribution in [1.29, 1.82) is 0 Å². The Bertz CT molecular complexity index is 827. The van der Waals surface area contributed by atoms with Gasteiger partial charge in [-0.15, -0.1) is 0 Å². The number of hydrogen-bond donors (Lipinski definition) is 2. The molecule has 8 atom stereocenters. The van der Waals surface area contributed by atoms with Crippen LogP contribution >= 0.6 is 0 Å². The number of hydrogen-bond acceptors (Lipinski definition) is 8. The molecule has 0 aliphatic carbocycles. The summed E-state index contributed by atoms with van der Waals surface area (Å²) in [7, 11) is 6.82. The predicted octanol–water partition coefficient (Wildman–Crippen LogP) is 1.61. The molecule has 0 spiro atoms. The first-order valence-corrected chi connectivity index (χ1v) is 17.1. The van der Waals surface area contributed by atoms with Crippen molar-refractivity contribution in [2.24, 2.45) is 5.92 Å². The summed E-state index contributed by atoms with van der Waals surface area (Å²) in [5.41, 5.74) is -0.392. The largest absolute Gasteiger partial charge is 0.391 e. The summed E-state index contributed by atoms with van der Waals surface area (Å²) in [6, 6.07) is 1.66. The molecular formula is C32H60N6O2. The molecular weight excluding hydrogens is 500 g/mol. The molecule has 0 radical (unpaired) electrons. The van der Waals surface area contributed by atoms with Crippen molar-refractivity contribution >= 4 is 0 Å². The van der Waals surface area contributed by atoms with E-state index in [4.69, 9.17) is 0 Å². The van der Waals surface area contributed by atoms with Crippen LogP contribution in [-0.2, 0) is 0 Å². The highest BCUT2D eigenvalue weighted by Gasteiger charge is 2.59. The molecule has 0 saturated carbocycles. The SMILES string of the molecule is CN1CCC[C@@H]1CN1CCC[C@@H]1C(O)C1CCN(C)C1(CN1CCCC1)[C@@H](O)[C@@H]1CCCN1C[C@@H]1CCCN1C. The molecule has 230 valence electrons. The normalized spacial score (nSPS) is 41.2. The summed E-state index contributed by atoms with van der Waals surface area (Å²) in [4.78, 5) is 15.5. The Morgan fingerprint density at radius 2 is 1.18 bits per heavy atom. The molecule has 8 nitrogen and oxygen atoms in total. The summed E-state index contributed by atoms with van der Waals surface area (Å²) in [5.74, 6) is 0.108. The van der Waals surface area contributed by atoms with Gasteiger partial charge in [-0.3, -0.25) is 14.7 Å². The van der Waals surface area contributed by atoms with Crippen LogP contribution in [0.3, 0.4) is 0 Å². The number of rotatable bonds is 10. The average Bonchev–Trinajstić information content (AvgIpc) is 3.78. The van der Waals surface area contributed by atoms with Gasteiger partial charge in [0.25, 0.3) is 0 Å². The van der Waals surface area contributed by atoms with E-state index in [1.54, 1.807) is 0 Å². The zero-order valence-electron chi connectivity index (χ0n) is 26.0. The number of aliphatic hydroxyl groups excluding tert-OH is 2. The van der Waals surface area contributed by atoms with E-state index in [0.29, 0.717) is 12.1 Å². The van der Waals surface area contributed by atoms with Gasteiger partial charge in [-0.2, -0.15) is 0 Å². The third-order valence-corrected chi connectivity index (χ3v) is 12.5. The lowest BCUT2D eigenvalue weighted by molar-refractivity contribution is -0.108. The van der Waals surface area contributed by atoms with Crippen molar-refractivity contribution < 1.29 is 10.2 Å². The van der Waals surface area contributed by atoms with Gasteiger partial charge in [0.15, 0.2) is 0 Å². The monoisotopic (exact) mass is 560 g/mol. The minimum atomic E-state index is -0.440. The predicted molar refractivity (Wildman–Crippen MR) is 162 cm³/mol. The van der Waals surface area contributed by atoms with E-state index in [1.165, 1.54) is 64.5 Å². The fourth-order valence-electron chi connectivity index (χ4n) is 10.1. The van der Waals surface area contributed by atoms with Crippen LogP contribution < -0.4 is 0 Å². The van der Waals surface area contributed by atoms with Crippen molar-refractivity contribution in [3.8, 4) is 0 Å². The Hall–Kier alpha value is -0.320. The van der Waals surface area contributed by atoms with Crippen molar-refractivity contribution in [3.63, 3.8) is 0 Å². The van der Waals surface area contributed by atoms with E-state index in [2.05, 4.69) is 50.5 Å². The molecule has 0 aromatic heterocycles. The second-order valence-electron chi connectivity index (χ2n) is 14.7. The highest BCUT2D eigenvalue weighted by atomic mass is 16.3. The lowest BCUT2D eigenvalue weighted by Crippen LogP contribution is -2.68. The standard InChI is InChI=1S/C32H60N6O2/c1-33-15-6-10-25(33)22-37-19-8-12-28(37)30(39)27-14-21-35(3)32(27,24-36-17-4-5-18-36)31(40)29-13-9-20-38(29)23-26-11-7-16-34(26)2/h25-31,39-40H,4-24H2,1-3H3/t25-,26+,27?,28-,29+,30?,31+,32?/m1/s1. The van der Waals surface area contributed by atoms with Crippen LogP contribution in [0.25, 0.3) is 0 Å². The molecule has 2 N–H and O–H groups in total. The smallest absolute Gasteiger partial charge is 0.0894 e. The van der Waals surface area contributed by atoms with Crippen molar-refractivity contribution in [3.05, 3.63) is 0 Å². The van der Waals surface area contributed by atoms with Crippen LogP contribution in [0.15, 0.2) is 0 Å². The van der Waals surface area contributed by atoms with Gasteiger partial charge in [0, 0.05) is 49.7 Å². The highest BCUT2D eigenvalue weighted by molar-refractivity contribution is 5.15. The number of aliphatic hydroxyl groups is 2. The van der Waals surface area contributed by atoms with E-state index in [0.717, 1.165) is 71.6 Å².